The molecule has 0 saturated carbocycles. The minimum Gasteiger partial charge on any atom is -0.480 e. The van der Waals surface area contributed by atoms with Gasteiger partial charge in [-0.25, -0.2) is 0 Å². The van der Waals surface area contributed by atoms with E-state index >= 15 is 0 Å². The molecule has 3 heteroatoms. The van der Waals surface area contributed by atoms with Gasteiger partial charge in [0.05, 0.1) is 0 Å². The van der Waals surface area contributed by atoms with Crippen LogP contribution in [-0.4, -0.2) is 17.1 Å². The van der Waals surface area contributed by atoms with Gasteiger partial charge in [-0.05, 0) is 17.9 Å². The van der Waals surface area contributed by atoms with E-state index in [0.717, 1.165) is 12.0 Å². The van der Waals surface area contributed by atoms with E-state index in [9.17, 15) is 9.90 Å². The number of nitrogens with one attached hydrogen (secondary N) is 1. The topological polar surface area (TPSA) is 49.3 Å². The van der Waals surface area contributed by atoms with Crippen LogP contribution in [0.1, 0.15) is 45.2 Å². The van der Waals surface area contributed by atoms with Crippen molar-refractivity contribution in [2.45, 2.75) is 45.7 Å². The zero-order chi connectivity index (χ0) is 13.5. The standard InChI is InChI=1S/C15H23NO2/c1-4-8-13(15(17)18)16-14(11(2)3)12-9-6-5-7-10-12/h5-7,9-11,13-14,16H,4,8H2,1-3H3,(H,17,18). The molecule has 0 aliphatic carbocycles. The summed E-state index contributed by atoms with van der Waals surface area (Å²) in [5.41, 5.74) is 1.15. The lowest BCUT2D eigenvalue weighted by Crippen LogP contribution is -2.40. The van der Waals surface area contributed by atoms with E-state index in [-0.39, 0.29) is 6.04 Å². The molecule has 18 heavy (non-hydrogen) atoms. The minimum atomic E-state index is -0.765. The first kappa shape index (κ1) is 14.7. The van der Waals surface area contributed by atoms with Crippen LogP contribution < -0.4 is 5.32 Å². The average Bonchev–Trinajstić information content (AvgIpc) is 2.34. The zero-order valence-electron chi connectivity index (χ0n) is 11.4. The molecule has 0 saturated heterocycles. The maximum absolute atomic E-state index is 11.2. The van der Waals surface area contributed by atoms with E-state index < -0.39 is 12.0 Å². The molecular formula is C15H23NO2. The van der Waals surface area contributed by atoms with Crippen molar-refractivity contribution in [3.8, 4) is 0 Å². The zero-order valence-corrected chi connectivity index (χ0v) is 11.4. The number of benzene rings is 1. The third-order valence-electron chi connectivity index (χ3n) is 3.08. The second-order valence-corrected chi connectivity index (χ2v) is 4.98. The average molecular weight is 249 g/mol. The molecular weight excluding hydrogens is 226 g/mol. The lowest BCUT2D eigenvalue weighted by Gasteiger charge is -2.26. The Kier molecular flexibility index (Phi) is 5.86. The Morgan fingerprint density at radius 1 is 1.28 bits per heavy atom. The summed E-state index contributed by atoms with van der Waals surface area (Å²) in [6.45, 7) is 6.22. The number of hydrogen-bond donors (Lipinski definition) is 2. The molecule has 0 spiro atoms. The SMILES string of the molecule is CCCC(NC(c1ccccc1)C(C)C)C(=O)O. The first-order valence-electron chi connectivity index (χ1n) is 6.60. The normalized spacial score (nSPS) is 14.4. The molecule has 2 atom stereocenters. The Balaban J connectivity index is 2.83. The maximum atomic E-state index is 11.2. The molecule has 0 aliphatic rings. The fraction of sp³-hybridized carbons (Fsp3) is 0.533. The van der Waals surface area contributed by atoms with Crippen LogP contribution in [0, 0.1) is 5.92 Å². The van der Waals surface area contributed by atoms with Gasteiger partial charge in [0.2, 0.25) is 0 Å². The van der Waals surface area contributed by atoms with Gasteiger partial charge >= 0.3 is 5.97 Å². The highest BCUT2D eigenvalue weighted by Crippen LogP contribution is 2.22. The minimum absolute atomic E-state index is 0.0823. The summed E-state index contributed by atoms with van der Waals surface area (Å²) in [5.74, 6) is -0.412. The van der Waals surface area contributed by atoms with Gasteiger partial charge in [0.15, 0.2) is 0 Å². The van der Waals surface area contributed by atoms with Crippen LogP contribution in [0.25, 0.3) is 0 Å². The largest absolute Gasteiger partial charge is 0.480 e. The molecule has 1 rings (SSSR count). The molecule has 100 valence electrons. The Morgan fingerprint density at radius 3 is 2.33 bits per heavy atom. The van der Waals surface area contributed by atoms with Crippen molar-refractivity contribution in [2.24, 2.45) is 5.92 Å². The Hall–Kier alpha value is -1.35. The predicted molar refractivity (Wildman–Crippen MR) is 73.5 cm³/mol. The number of aliphatic carboxylic acids is 1. The van der Waals surface area contributed by atoms with Gasteiger partial charge in [0.25, 0.3) is 0 Å². The Labute approximate surface area is 109 Å². The fourth-order valence-electron chi connectivity index (χ4n) is 2.12. The van der Waals surface area contributed by atoms with Crippen LogP contribution in [0.2, 0.25) is 0 Å². The van der Waals surface area contributed by atoms with E-state index in [1.165, 1.54) is 0 Å². The summed E-state index contributed by atoms with van der Waals surface area (Å²) in [5, 5.41) is 12.5. The lowest BCUT2D eigenvalue weighted by atomic mass is 9.94. The Morgan fingerprint density at radius 2 is 1.89 bits per heavy atom. The van der Waals surface area contributed by atoms with Gasteiger partial charge in [0.1, 0.15) is 6.04 Å². The summed E-state index contributed by atoms with van der Waals surface area (Å²) in [4.78, 5) is 11.2. The van der Waals surface area contributed by atoms with Crippen LogP contribution in [0.4, 0.5) is 0 Å². The number of carbonyl (C=O) groups is 1. The molecule has 1 aromatic rings. The lowest BCUT2D eigenvalue weighted by molar-refractivity contribution is -0.140. The molecule has 0 aliphatic heterocycles. The first-order chi connectivity index (χ1) is 8.56. The third-order valence-corrected chi connectivity index (χ3v) is 3.08. The predicted octanol–water partition coefficient (Wildman–Crippen LogP) is 3.23. The van der Waals surface area contributed by atoms with Gasteiger partial charge in [0, 0.05) is 6.04 Å². The maximum Gasteiger partial charge on any atom is 0.320 e. The van der Waals surface area contributed by atoms with Crippen molar-refractivity contribution in [1.29, 1.82) is 0 Å². The highest BCUT2D eigenvalue weighted by Gasteiger charge is 2.23. The molecule has 0 fully saturated rings. The van der Waals surface area contributed by atoms with E-state index in [0.29, 0.717) is 12.3 Å². The van der Waals surface area contributed by atoms with Crippen LogP contribution >= 0.6 is 0 Å². The highest BCUT2D eigenvalue weighted by molar-refractivity contribution is 5.73. The summed E-state index contributed by atoms with van der Waals surface area (Å²) in [6, 6.07) is 9.65. The van der Waals surface area contributed by atoms with Gasteiger partial charge in [-0.15, -0.1) is 0 Å². The summed E-state index contributed by atoms with van der Waals surface area (Å²) >= 11 is 0. The summed E-state index contributed by atoms with van der Waals surface area (Å²) < 4.78 is 0. The van der Waals surface area contributed by atoms with Gasteiger partial charge < -0.3 is 5.11 Å². The van der Waals surface area contributed by atoms with Gasteiger partial charge in [-0.3, -0.25) is 10.1 Å². The Bertz CT molecular complexity index is 362. The highest BCUT2D eigenvalue weighted by atomic mass is 16.4. The molecule has 3 nitrogen and oxygen atoms in total. The number of carboxylic acids is 1. The van der Waals surface area contributed by atoms with Crippen molar-refractivity contribution in [2.75, 3.05) is 0 Å². The molecule has 0 amide bonds. The number of carboxylic acid groups (broad SMARTS) is 1. The van der Waals surface area contributed by atoms with Crippen molar-refractivity contribution in [1.82, 2.24) is 5.32 Å². The van der Waals surface area contributed by atoms with Crippen LogP contribution in [-0.2, 0) is 4.79 Å². The van der Waals surface area contributed by atoms with Gasteiger partial charge in [-0.2, -0.15) is 0 Å². The monoisotopic (exact) mass is 249 g/mol. The van der Waals surface area contributed by atoms with E-state index in [1.54, 1.807) is 0 Å². The quantitative estimate of drug-likeness (QED) is 0.780. The first-order valence-corrected chi connectivity index (χ1v) is 6.60. The third kappa shape index (κ3) is 4.15. The number of hydrogen-bond acceptors (Lipinski definition) is 2. The van der Waals surface area contributed by atoms with E-state index in [4.69, 9.17) is 0 Å². The van der Waals surface area contributed by atoms with Crippen molar-refractivity contribution >= 4 is 5.97 Å². The second-order valence-electron chi connectivity index (χ2n) is 4.98. The van der Waals surface area contributed by atoms with Crippen molar-refractivity contribution in [3.63, 3.8) is 0 Å². The summed E-state index contributed by atoms with van der Waals surface area (Å²) in [7, 11) is 0. The van der Waals surface area contributed by atoms with Crippen molar-refractivity contribution < 1.29 is 9.90 Å². The van der Waals surface area contributed by atoms with E-state index in [1.807, 2.05) is 37.3 Å². The number of rotatable bonds is 7. The van der Waals surface area contributed by atoms with Gasteiger partial charge in [-0.1, -0.05) is 57.5 Å². The van der Waals surface area contributed by atoms with Crippen LogP contribution in [0.3, 0.4) is 0 Å². The molecule has 0 heterocycles. The van der Waals surface area contributed by atoms with E-state index in [2.05, 4.69) is 19.2 Å². The molecule has 0 bridgehead atoms. The van der Waals surface area contributed by atoms with Crippen LogP contribution in [0.5, 0.6) is 0 Å². The molecule has 0 radical (unpaired) electrons. The second kappa shape index (κ2) is 7.17. The van der Waals surface area contributed by atoms with Crippen molar-refractivity contribution in [3.05, 3.63) is 35.9 Å². The van der Waals surface area contributed by atoms with Crippen LogP contribution in [0.15, 0.2) is 30.3 Å². The molecule has 0 aromatic heterocycles. The molecule has 2 unspecified atom stereocenters. The smallest absolute Gasteiger partial charge is 0.320 e. The summed E-state index contributed by atoms with van der Waals surface area (Å²) in [6.07, 6.45) is 1.52. The fourth-order valence-corrected chi connectivity index (χ4v) is 2.12. The molecule has 1 aromatic carbocycles. The molecule has 2 N–H and O–H groups in total.